The van der Waals surface area contributed by atoms with Crippen LogP contribution in [-0.4, -0.2) is 17.1 Å². The molecule has 4 nitrogen and oxygen atoms in total. The number of alkyl halides is 1. The molecule has 0 atom stereocenters. The first kappa shape index (κ1) is 14.2. The van der Waals surface area contributed by atoms with Gasteiger partial charge in [-0.2, -0.15) is 0 Å². The van der Waals surface area contributed by atoms with Crippen molar-refractivity contribution in [3.05, 3.63) is 28.2 Å². The van der Waals surface area contributed by atoms with Gasteiger partial charge in [-0.3, -0.25) is 9.59 Å². The Bertz CT molecular complexity index is 435. The van der Waals surface area contributed by atoms with Crippen molar-refractivity contribution in [3.8, 4) is 0 Å². The maximum absolute atomic E-state index is 11.6. The summed E-state index contributed by atoms with van der Waals surface area (Å²) in [5, 5.41) is 3.45. The fourth-order valence-corrected chi connectivity index (χ4v) is 2.03. The van der Waals surface area contributed by atoms with E-state index < -0.39 is 5.91 Å². The molecule has 1 aromatic rings. The van der Waals surface area contributed by atoms with E-state index in [1.165, 1.54) is 0 Å². The number of anilines is 1. The van der Waals surface area contributed by atoms with Crippen molar-refractivity contribution < 1.29 is 9.59 Å². The third kappa shape index (κ3) is 4.12. The molecular formula is C11H12Br2N2O2. The summed E-state index contributed by atoms with van der Waals surface area (Å²) in [6, 6.07) is 5.01. The van der Waals surface area contributed by atoms with E-state index in [1.807, 2.05) is 0 Å². The molecule has 6 heteroatoms. The minimum atomic E-state index is -0.568. The number of primary amides is 1. The highest BCUT2D eigenvalue weighted by Crippen LogP contribution is 2.26. The molecule has 0 radical (unpaired) electrons. The highest BCUT2D eigenvalue weighted by Gasteiger charge is 2.13. The van der Waals surface area contributed by atoms with Crippen LogP contribution in [0.15, 0.2) is 22.7 Å². The van der Waals surface area contributed by atoms with Crippen LogP contribution in [-0.2, 0) is 4.79 Å². The SMILES string of the molecule is NC(=O)c1cccc(Br)c1NC(=O)CCCBr. The Hall–Kier alpha value is -0.880. The number of nitrogens with two attached hydrogens (primary N) is 1. The van der Waals surface area contributed by atoms with Crippen molar-refractivity contribution in [1.29, 1.82) is 0 Å². The van der Waals surface area contributed by atoms with E-state index in [9.17, 15) is 9.59 Å². The Morgan fingerprint density at radius 1 is 1.35 bits per heavy atom. The summed E-state index contributed by atoms with van der Waals surface area (Å²) in [5.74, 6) is -0.707. The molecule has 0 fully saturated rings. The lowest BCUT2D eigenvalue weighted by Crippen LogP contribution is -2.18. The topological polar surface area (TPSA) is 72.2 Å². The maximum atomic E-state index is 11.6. The monoisotopic (exact) mass is 362 g/mol. The van der Waals surface area contributed by atoms with Crippen LogP contribution >= 0.6 is 31.9 Å². The molecule has 1 aromatic carbocycles. The van der Waals surface area contributed by atoms with Crippen LogP contribution in [0.5, 0.6) is 0 Å². The molecule has 0 spiro atoms. The first-order valence-electron chi connectivity index (χ1n) is 5.00. The van der Waals surface area contributed by atoms with Gasteiger partial charge in [-0.05, 0) is 34.5 Å². The summed E-state index contributed by atoms with van der Waals surface area (Å²) in [7, 11) is 0. The molecule has 0 aromatic heterocycles. The van der Waals surface area contributed by atoms with Gasteiger partial charge in [0.2, 0.25) is 5.91 Å². The van der Waals surface area contributed by atoms with Crippen molar-refractivity contribution in [1.82, 2.24) is 0 Å². The number of benzene rings is 1. The number of para-hydroxylation sites is 1. The first-order valence-corrected chi connectivity index (χ1v) is 6.92. The van der Waals surface area contributed by atoms with Gasteiger partial charge in [0.05, 0.1) is 11.3 Å². The van der Waals surface area contributed by atoms with Crippen molar-refractivity contribution in [2.45, 2.75) is 12.8 Å². The number of carbonyl (C=O) groups excluding carboxylic acids is 2. The predicted molar refractivity (Wildman–Crippen MR) is 74.3 cm³/mol. The van der Waals surface area contributed by atoms with Crippen LogP contribution in [0, 0.1) is 0 Å². The van der Waals surface area contributed by atoms with Gasteiger partial charge in [-0.15, -0.1) is 0 Å². The Kier molecular flexibility index (Phi) is 5.64. The predicted octanol–water partition coefficient (Wildman–Crippen LogP) is 2.66. The molecule has 0 aliphatic heterocycles. The van der Waals surface area contributed by atoms with Crippen LogP contribution in [0.1, 0.15) is 23.2 Å². The number of hydrogen-bond donors (Lipinski definition) is 2. The fourth-order valence-electron chi connectivity index (χ4n) is 1.29. The summed E-state index contributed by atoms with van der Waals surface area (Å²) < 4.78 is 0.640. The van der Waals surface area contributed by atoms with Crippen LogP contribution < -0.4 is 11.1 Å². The standard InChI is InChI=1S/C11H12Br2N2O2/c12-6-2-5-9(16)15-10-7(11(14)17)3-1-4-8(10)13/h1,3-4H,2,5-6H2,(H2,14,17)(H,15,16). The molecule has 0 bridgehead atoms. The molecule has 0 unspecified atom stereocenters. The molecule has 92 valence electrons. The summed E-state index contributed by atoms with van der Waals surface area (Å²) in [6.45, 7) is 0. The van der Waals surface area contributed by atoms with Gasteiger partial charge in [-0.25, -0.2) is 0 Å². The molecule has 0 aliphatic rings. The second kappa shape index (κ2) is 6.76. The van der Waals surface area contributed by atoms with Crippen molar-refractivity contribution >= 4 is 49.4 Å². The molecule has 1 rings (SSSR count). The van der Waals surface area contributed by atoms with E-state index in [0.29, 0.717) is 22.1 Å². The Morgan fingerprint density at radius 3 is 2.65 bits per heavy atom. The summed E-state index contributed by atoms with van der Waals surface area (Å²) in [4.78, 5) is 22.8. The quantitative estimate of drug-likeness (QED) is 0.789. The average molecular weight is 364 g/mol. The Balaban J connectivity index is 2.89. The van der Waals surface area contributed by atoms with Gasteiger partial charge >= 0.3 is 0 Å². The number of halogens is 2. The van der Waals surface area contributed by atoms with Gasteiger partial charge in [0, 0.05) is 16.2 Å². The van der Waals surface area contributed by atoms with E-state index in [2.05, 4.69) is 37.2 Å². The highest BCUT2D eigenvalue weighted by molar-refractivity contribution is 9.10. The number of hydrogen-bond acceptors (Lipinski definition) is 2. The molecule has 2 amide bonds. The molecule has 0 aliphatic carbocycles. The van der Waals surface area contributed by atoms with E-state index in [1.54, 1.807) is 18.2 Å². The van der Waals surface area contributed by atoms with Crippen LogP contribution in [0.3, 0.4) is 0 Å². The fraction of sp³-hybridized carbons (Fsp3) is 0.273. The third-order valence-corrected chi connectivity index (χ3v) is 3.30. The number of amides is 2. The van der Waals surface area contributed by atoms with Gasteiger partial charge < -0.3 is 11.1 Å². The van der Waals surface area contributed by atoms with Crippen LogP contribution in [0.25, 0.3) is 0 Å². The van der Waals surface area contributed by atoms with Crippen LogP contribution in [0.4, 0.5) is 5.69 Å². The van der Waals surface area contributed by atoms with Gasteiger partial charge in [0.25, 0.3) is 5.91 Å². The van der Waals surface area contributed by atoms with Crippen molar-refractivity contribution in [2.75, 3.05) is 10.6 Å². The highest BCUT2D eigenvalue weighted by atomic mass is 79.9. The lowest BCUT2D eigenvalue weighted by atomic mass is 10.1. The summed E-state index contributed by atoms with van der Waals surface area (Å²) >= 11 is 6.53. The van der Waals surface area contributed by atoms with Gasteiger partial charge in [0.1, 0.15) is 0 Å². The number of carbonyl (C=O) groups is 2. The van der Waals surface area contributed by atoms with Crippen molar-refractivity contribution in [3.63, 3.8) is 0 Å². The third-order valence-electron chi connectivity index (χ3n) is 2.08. The lowest BCUT2D eigenvalue weighted by Gasteiger charge is -2.10. The normalized spacial score (nSPS) is 10.0. The van der Waals surface area contributed by atoms with Crippen LogP contribution in [0.2, 0.25) is 0 Å². The Labute approximate surface area is 116 Å². The molecule has 0 heterocycles. The van der Waals surface area contributed by atoms with E-state index in [0.717, 1.165) is 11.8 Å². The summed E-state index contributed by atoms with van der Waals surface area (Å²) in [5.41, 5.74) is 5.97. The lowest BCUT2D eigenvalue weighted by molar-refractivity contribution is -0.116. The summed E-state index contributed by atoms with van der Waals surface area (Å²) in [6.07, 6.45) is 1.13. The van der Waals surface area contributed by atoms with Crippen molar-refractivity contribution in [2.24, 2.45) is 5.73 Å². The second-order valence-corrected chi connectivity index (χ2v) is 5.01. The Morgan fingerprint density at radius 2 is 2.06 bits per heavy atom. The minimum absolute atomic E-state index is 0.140. The van der Waals surface area contributed by atoms with Gasteiger partial charge in [0.15, 0.2) is 0 Å². The van der Waals surface area contributed by atoms with Gasteiger partial charge in [-0.1, -0.05) is 22.0 Å². The zero-order valence-corrected chi connectivity index (χ0v) is 12.2. The molecule has 17 heavy (non-hydrogen) atoms. The first-order chi connectivity index (χ1) is 8.06. The number of nitrogens with one attached hydrogen (secondary N) is 1. The second-order valence-electron chi connectivity index (χ2n) is 3.37. The molecule has 0 saturated carbocycles. The maximum Gasteiger partial charge on any atom is 0.250 e. The molecule has 0 saturated heterocycles. The van der Waals surface area contributed by atoms with E-state index >= 15 is 0 Å². The zero-order valence-electron chi connectivity index (χ0n) is 9.00. The minimum Gasteiger partial charge on any atom is -0.366 e. The van der Waals surface area contributed by atoms with E-state index in [-0.39, 0.29) is 5.91 Å². The smallest absolute Gasteiger partial charge is 0.250 e. The number of rotatable bonds is 5. The van der Waals surface area contributed by atoms with E-state index in [4.69, 9.17) is 5.73 Å². The zero-order chi connectivity index (χ0) is 12.8. The molecular weight excluding hydrogens is 352 g/mol. The largest absolute Gasteiger partial charge is 0.366 e. The molecule has 3 N–H and O–H groups in total. The average Bonchev–Trinajstić information content (AvgIpc) is 2.28.